The van der Waals surface area contributed by atoms with Gasteiger partial charge in [0.1, 0.15) is 0 Å². The first-order valence-electron chi connectivity index (χ1n) is 8.36. The standard InChI is InChI=1S/C18H23N3O2/c19-10-13-4-6-14(7-5-13)17(22)12-21-8-2-1-3-16(21)15-9-18(23)20-11-15/h4-7,15-17,22H,1-3,8-9,11-12H2,(H,20,23). The maximum atomic E-state index is 11.5. The fraction of sp³-hybridized carbons (Fsp3) is 0.556. The number of carbonyl (C=O) groups excluding carboxylic acids is 1. The average Bonchev–Trinajstić information content (AvgIpc) is 3.01. The van der Waals surface area contributed by atoms with Gasteiger partial charge in [-0.1, -0.05) is 18.6 Å². The second-order valence-electron chi connectivity index (χ2n) is 6.58. The lowest BCUT2D eigenvalue weighted by atomic mass is 9.89. The summed E-state index contributed by atoms with van der Waals surface area (Å²) in [6.45, 7) is 2.32. The van der Waals surface area contributed by atoms with Crippen LogP contribution in [0.5, 0.6) is 0 Å². The van der Waals surface area contributed by atoms with Crippen molar-refractivity contribution in [3.05, 3.63) is 35.4 Å². The molecule has 0 spiro atoms. The van der Waals surface area contributed by atoms with Crippen molar-refractivity contribution in [2.75, 3.05) is 19.6 Å². The van der Waals surface area contributed by atoms with E-state index in [0.717, 1.165) is 31.5 Å². The van der Waals surface area contributed by atoms with E-state index in [1.54, 1.807) is 12.1 Å². The van der Waals surface area contributed by atoms with Crippen LogP contribution in [0.25, 0.3) is 0 Å². The Morgan fingerprint density at radius 3 is 2.78 bits per heavy atom. The molecular formula is C18H23N3O2. The molecule has 0 radical (unpaired) electrons. The van der Waals surface area contributed by atoms with Crippen LogP contribution in [-0.2, 0) is 4.79 Å². The van der Waals surface area contributed by atoms with Crippen molar-refractivity contribution < 1.29 is 9.90 Å². The molecule has 1 aromatic carbocycles. The number of piperidine rings is 1. The summed E-state index contributed by atoms with van der Waals surface area (Å²) >= 11 is 0. The topological polar surface area (TPSA) is 76.4 Å². The van der Waals surface area contributed by atoms with E-state index < -0.39 is 6.10 Å². The molecule has 122 valence electrons. The first-order valence-corrected chi connectivity index (χ1v) is 8.36. The second-order valence-corrected chi connectivity index (χ2v) is 6.58. The quantitative estimate of drug-likeness (QED) is 0.885. The summed E-state index contributed by atoms with van der Waals surface area (Å²) in [5, 5.41) is 22.3. The lowest BCUT2D eigenvalue weighted by Crippen LogP contribution is -2.46. The summed E-state index contributed by atoms with van der Waals surface area (Å²) in [6.07, 6.45) is 3.48. The number of aliphatic hydroxyl groups excluding tert-OH is 1. The third-order valence-electron chi connectivity index (χ3n) is 5.05. The minimum absolute atomic E-state index is 0.146. The first kappa shape index (κ1) is 16.0. The molecule has 3 unspecified atom stereocenters. The molecule has 1 aromatic rings. The molecule has 2 N–H and O–H groups in total. The predicted octanol–water partition coefficient (Wildman–Crippen LogP) is 1.58. The van der Waals surface area contributed by atoms with Crippen LogP contribution in [0, 0.1) is 17.2 Å². The van der Waals surface area contributed by atoms with E-state index in [1.165, 1.54) is 6.42 Å². The number of nitrogens with one attached hydrogen (secondary N) is 1. The van der Waals surface area contributed by atoms with Crippen molar-refractivity contribution in [3.63, 3.8) is 0 Å². The largest absolute Gasteiger partial charge is 0.387 e. The Balaban J connectivity index is 1.66. The maximum Gasteiger partial charge on any atom is 0.220 e. The lowest BCUT2D eigenvalue weighted by molar-refractivity contribution is -0.119. The minimum Gasteiger partial charge on any atom is -0.387 e. The van der Waals surface area contributed by atoms with Crippen molar-refractivity contribution in [2.45, 2.75) is 37.8 Å². The summed E-state index contributed by atoms with van der Waals surface area (Å²) < 4.78 is 0. The number of likely N-dealkylation sites (tertiary alicyclic amines) is 1. The van der Waals surface area contributed by atoms with Crippen LogP contribution in [0.4, 0.5) is 0 Å². The van der Waals surface area contributed by atoms with Crippen LogP contribution in [0.15, 0.2) is 24.3 Å². The van der Waals surface area contributed by atoms with Crippen LogP contribution >= 0.6 is 0 Å². The molecule has 23 heavy (non-hydrogen) atoms. The van der Waals surface area contributed by atoms with Gasteiger partial charge in [-0.2, -0.15) is 5.26 Å². The number of rotatable bonds is 4. The zero-order valence-electron chi connectivity index (χ0n) is 13.2. The van der Waals surface area contributed by atoms with Crippen molar-refractivity contribution in [2.24, 2.45) is 5.92 Å². The Morgan fingerprint density at radius 1 is 1.35 bits per heavy atom. The third-order valence-corrected chi connectivity index (χ3v) is 5.05. The predicted molar refractivity (Wildman–Crippen MR) is 86.4 cm³/mol. The van der Waals surface area contributed by atoms with E-state index in [4.69, 9.17) is 5.26 Å². The molecule has 0 bridgehead atoms. The number of aliphatic hydroxyl groups is 1. The zero-order chi connectivity index (χ0) is 16.2. The van der Waals surface area contributed by atoms with Crippen LogP contribution in [0.2, 0.25) is 0 Å². The second kappa shape index (κ2) is 7.12. The van der Waals surface area contributed by atoms with Crippen LogP contribution in [0.1, 0.15) is 42.9 Å². The van der Waals surface area contributed by atoms with E-state index in [9.17, 15) is 9.90 Å². The first-order chi connectivity index (χ1) is 11.2. The number of hydrogen-bond acceptors (Lipinski definition) is 4. The molecule has 2 aliphatic heterocycles. The smallest absolute Gasteiger partial charge is 0.220 e. The molecule has 5 nitrogen and oxygen atoms in total. The van der Waals surface area contributed by atoms with Crippen molar-refractivity contribution in [1.82, 2.24) is 10.2 Å². The third kappa shape index (κ3) is 3.72. The number of hydrogen-bond donors (Lipinski definition) is 2. The Bertz CT molecular complexity index is 593. The van der Waals surface area contributed by atoms with Crippen LogP contribution < -0.4 is 5.32 Å². The average molecular weight is 313 g/mol. The van der Waals surface area contributed by atoms with Crippen LogP contribution in [0.3, 0.4) is 0 Å². The molecule has 2 aliphatic rings. The van der Waals surface area contributed by atoms with Gasteiger partial charge in [0, 0.05) is 31.5 Å². The summed E-state index contributed by atoms with van der Waals surface area (Å²) in [6, 6.07) is 9.59. The molecule has 2 fully saturated rings. The van der Waals surface area contributed by atoms with E-state index in [-0.39, 0.29) is 5.91 Å². The highest BCUT2D eigenvalue weighted by molar-refractivity contribution is 5.78. The number of carbonyl (C=O) groups is 1. The Hall–Kier alpha value is -1.90. The van der Waals surface area contributed by atoms with Crippen molar-refractivity contribution >= 4 is 5.91 Å². The molecule has 0 aromatic heterocycles. The molecule has 2 heterocycles. The van der Waals surface area contributed by atoms with Gasteiger partial charge in [-0.05, 0) is 37.1 Å². The molecule has 0 saturated carbocycles. The Labute approximate surface area is 136 Å². The number of β-amino-alcohol motifs (C(OH)–C–C–N with tert-alkyl or cyclic N) is 1. The molecule has 0 aliphatic carbocycles. The number of amides is 1. The van der Waals surface area contributed by atoms with Gasteiger partial charge in [0.05, 0.1) is 17.7 Å². The van der Waals surface area contributed by atoms with E-state index in [2.05, 4.69) is 16.3 Å². The monoisotopic (exact) mass is 313 g/mol. The number of nitriles is 1. The van der Waals surface area contributed by atoms with Gasteiger partial charge in [0.2, 0.25) is 5.91 Å². The molecule has 3 atom stereocenters. The Morgan fingerprint density at radius 2 is 2.13 bits per heavy atom. The minimum atomic E-state index is -0.562. The highest BCUT2D eigenvalue weighted by Crippen LogP contribution is 2.29. The van der Waals surface area contributed by atoms with Crippen LogP contribution in [-0.4, -0.2) is 41.6 Å². The van der Waals surface area contributed by atoms with Gasteiger partial charge in [0.15, 0.2) is 0 Å². The molecule has 2 saturated heterocycles. The summed E-state index contributed by atoms with van der Waals surface area (Å²) in [4.78, 5) is 13.8. The fourth-order valence-electron chi connectivity index (χ4n) is 3.78. The van der Waals surface area contributed by atoms with E-state index in [1.807, 2.05) is 12.1 Å². The normalized spacial score (nSPS) is 26.5. The van der Waals surface area contributed by atoms with Gasteiger partial charge in [-0.25, -0.2) is 0 Å². The van der Waals surface area contributed by atoms with Gasteiger partial charge in [-0.15, -0.1) is 0 Å². The summed E-state index contributed by atoms with van der Waals surface area (Å²) in [7, 11) is 0. The van der Waals surface area contributed by atoms with Gasteiger partial charge >= 0.3 is 0 Å². The maximum absolute atomic E-state index is 11.5. The molecule has 5 heteroatoms. The van der Waals surface area contributed by atoms with Crippen molar-refractivity contribution in [1.29, 1.82) is 5.26 Å². The molecule has 3 rings (SSSR count). The zero-order valence-corrected chi connectivity index (χ0v) is 13.2. The fourth-order valence-corrected chi connectivity index (χ4v) is 3.78. The van der Waals surface area contributed by atoms with E-state index >= 15 is 0 Å². The highest BCUT2D eigenvalue weighted by atomic mass is 16.3. The number of benzene rings is 1. The summed E-state index contributed by atoms with van der Waals surface area (Å²) in [5.74, 6) is 0.504. The van der Waals surface area contributed by atoms with Gasteiger partial charge in [-0.3, -0.25) is 9.69 Å². The molecule has 1 amide bonds. The van der Waals surface area contributed by atoms with Gasteiger partial charge < -0.3 is 10.4 Å². The lowest BCUT2D eigenvalue weighted by Gasteiger charge is -2.39. The SMILES string of the molecule is N#Cc1ccc(C(O)CN2CCCCC2C2CNC(=O)C2)cc1. The Kier molecular flexibility index (Phi) is 4.94. The summed E-state index contributed by atoms with van der Waals surface area (Å²) in [5.41, 5.74) is 1.45. The highest BCUT2D eigenvalue weighted by Gasteiger charge is 2.35. The van der Waals surface area contributed by atoms with E-state index in [0.29, 0.717) is 30.5 Å². The number of nitrogens with zero attached hydrogens (tertiary/aromatic N) is 2. The van der Waals surface area contributed by atoms with Crippen molar-refractivity contribution in [3.8, 4) is 6.07 Å². The molecular weight excluding hydrogens is 290 g/mol. The van der Waals surface area contributed by atoms with Gasteiger partial charge in [0.25, 0.3) is 0 Å².